The van der Waals surface area contributed by atoms with E-state index < -0.39 is 23.9 Å². The second-order valence-electron chi connectivity index (χ2n) is 11.0. The summed E-state index contributed by atoms with van der Waals surface area (Å²) >= 11 is 0. The lowest BCUT2D eigenvalue weighted by Crippen LogP contribution is -2.38. The second kappa shape index (κ2) is 9.99. The van der Waals surface area contributed by atoms with E-state index in [2.05, 4.69) is 24.3 Å². The Balaban J connectivity index is 1.58. The predicted octanol–water partition coefficient (Wildman–Crippen LogP) is 3.42. The number of esters is 1. The number of rotatable bonds is 7. The molecule has 37 heavy (non-hydrogen) atoms. The lowest BCUT2D eigenvalue weighted by atomic mass is 9.75. The van der Waals surface area contributed by atoms with Crippen LogP contribution >= 0.6 is 0 Å². The van der Waals surface area contributed by atoms with Crippen LogP contribution in [-0.2, 0) is 20.7 Å². The summed E-state index contributed by atoms with van der Waals surface area (Å²) in [6.07, 6.45) is 2.39. The number of aliphatic carboxylic acids is 1. The molecule has 1 aromatic carbocycles. The number of amides is 1. The first-order valence-electron chi connectivity index (χ1n) is 12.6. The Bertz CT molecular complexity index is 1260. The molecule has 1 aromatic heterocycles. The molecule has 1 amide bonds. The number of hydrogen-bond donors (Lipinski definition) is 3. The van der Waals surface area contributed by atoms with E-state index >= 15 is 0 Å². The Labute approximate surface area is 215 Å². The Morgan fingerprint density at radius 3 is 2.46 bits per heavy atom. The molecule has 4 N–H and O–H groups in total. The van der Waals surface area contributed by atoms with E-state index in [1.165, 1.54) is 6.92 Å². The number of carboxylic acids is 1. The van der Waals surface area contributed by atoms with Crippen LogP contribution in [0.1, 0.15) is 85.0 Å². The van der Waals surface area contributed by atoms with Gasteiger partial charge in [-0.3, -0.25) is 14.4 Å². The molecule has 1 heterocycles. The first kappa shape index (κ1) is 26.4. The number of aromatic nitrogens is 2. The number of fused-ring (bicyclic) bond motifs is 1. The summed E-state index contributed by atoms with van der Waals surface area (Å²) in [5.41, 5.74) is 9.32. The van der Waals surface area contributed by atoms with Gasteiger partial charge in [0.2, 0.25) is 6.10 Å². The van der Waals surface area contributed by atoms with Crippen LogP contribution in [-0.4, -0.2) is 50.7 Å². The number of nitrogens with zero attached hydrogens (tertiary/aromatic N) is 2. The van der Waals surface area contributed by atoms with Crippen molar-refractivity contribution >= 4 is 29.3 Å². The molecule has 2 aromatic rings. The van der Waals surface area contributed by atoms with E-state index in [-0.39, 0.29) is 23.2 Å². The van der Waals surface area contributed by atoms with Gasteiger partial charge in [0.1, 0.15) is 0 Å². The smallest absolute Gasteiger partial charge is 0.345 e. The van der Waals surface area contributed by atoms with E-state index in [1.54, 1.807) is 16.8 Å². The summed E-state index contributed by atoms with van der Waals surface area (Å²) < 4.78 is 6.82. The van der Waals surface area contributed by atoms with Crippen LogP contribution in [0.5, 0.6) is 0 Å². The van der Waals surface area contributed by atoms with Crippen LogP contribution in [0.15, 0.2) is 18.2 Å². The van der Waals surface area contributed by atoms with E-state index in [4.69, 9.17) is 10.5 Å². The Kier molecular flexibility index (Phi) is 7.12. The van der Waals surface area contributed by atoms with Crippen LogP contribution in [0.3, 0.4) is 0 Å². The van der Waals surface area contributed by atoms with Crippen molar-refractivity contribution in [2.75, 3.05) is 5.32 Å². The fourth-order valence-corrected chi connectivity index (χ4v) is 5.66. The van der Waals surface area contributed by atoms with Gasteiger partial charge in [0, 0.05) is 31.0 Å². The number of carboxylic acid groups (broad SMARTS) is 1. The second-order valence-corrected chi connectivity index (χ2v) is 11.0. The van der Waals surface area contributed by atoms with E-state index in [9.17, 15) is 24.3 Å². The summed E-state index contributed by atoms with van der Waals surface area (Å²) in [5.74, 6) is -2.52. The summed E-state index contributed by atoms with van der Waals surface area (Å²) in [6.45, 7) is 7.17. The topological polar surface area (TPSA) is 154 Å². The molecule has 1 saturated carbocycles. The Morgan fingerprint density at radius 2 is 1.86 bits per heavy atom. The molecular weight excluding hydrogens is 476 g/mol. The van der Waals surface area contributed by atoms with Crippen LogP contribution in [0.4, 0.5) is 5.69 Å². The Morgan fingerprint density at radius 1 is 1.19 bits per heavy atom. The first-order chi connectivity index (χ1) is 17.4. The molecule has 0 aliphatic heterocycles. The molecule has 1 fully saturated rings. The van der Waals surface area contributed by atoms with Crippen LogP contribution in [0.2, 0.25) is 0 Å². The summed E-state index contributed by atoms with van der Waals surface area (Å²) in [5, 5.41) is 17.6. The number of ketones is 1. The minimum atomic E-state index is -1.16. The van der Waals surface area contributed by atoms with Gasteiger partial charge >= 0.3 is 11.9 Å². The average molecular weight is 511 g/mol. The highest BCUT2D eigenvalue weighted by Crippen LogP contribution is 2.38. The molecule has 2 aliphatic rings. The molecule has 0 spiro atoms. The number of primary amides is 1. The van der Waals surface area contributed by atoms with E-state index in [0.717, 1.165) is 11.4 Å². The molecule has 0 radical (unpaired) electrons. The normalized spacial score (nSPS) is 21.6. The number of Topliss-reactive ketones (excluding diaryl/α,β-unsaturated/α-hetero) is 1. The molecule has 0 saturated heterocycles. The minimum Gasteiger partial charge on any atom is -0.478 e. The maximum atomic E-state index is 12.8. The van der Waals surface area contributed by atoms with Crippen LogP contribution in [0, 0.1) is 18.3 Å². The number of hydrogen-bond acceptors (Lipinski definition) is 7. The molecular formula is C27H34N4O6. The molecule has 10 heteroatoms. The van der Waals surface area contributed by atoms with Crippen LogP contribution in [0.25, 0.3) is 5.69 Å². The predicted molar refractivity (Wildman–Crippen MR) is 136 cm³/mol. The van der Waals surface area contributed by atoms with Gasteiger partial charge in [0.05, 0.1) is 28.2 Å². The molecule has 198 valence electrons. The van der Waals surface area contributed by atoms with Gasteiger partial charge in [-0.05, 0) is 62.6 Å². The third-order valence-corrected chi connectivity index (χ3v) is 7.33. The lowest BCUT2D eigenvalue weighted by molar-refractivity contribution is -0.167. The number of nitrogens with two attached hydrogens (primary N) is 1. The Hall–Kier alpha value is -3.69. The van der Waals surface area contributed by atoms with Gasteiger partial charge in [0.15, 0.2) is 5.78 Å². The third kappa shape index (κ3) is 5.52. The molecule has 10 nitrogen and oxygen atoms in total. The number of carbonyl (C=O) groups excluding carboxylic acids is 3. The number of ether oxygens (including phenoxy) is 1. The van der Waals surface area contributed by atoms with Gasteiger partial charge in [0.25, 0.3) is 5.91 Å². The van der Waals surface area contributed by atoms with E-state index in [1.807, 2.05) is 13.0 Å². The molecule has 1 unspecified atom stereocenters. The van der Waals surface area contributed by atoms with Crippen molar-refractivity contribution in [1.29, 1.82) is 0 Å². The molecule has 2 aliphatic carbocycles. The maximum Gasteiger partial charge on any atom is 0.345 e. The number of anilines is 1. The highest BCUT2D eigenvalue weighted by Gasteiger charge is 2.37. The summed E-state index contributed by atoms with van der Waals surface area (Å²) in [7, 11) is 0. The van der Waals surface area contributed by atoms with Crippen molar-refractivity contribution in [3.63, 3.8) is 0 Å². The lowest BCUT2D eigenvalue weighted by Gasteiger charge is -2.32. The van der Waals surface area contributed by atoms with Crippen molar-refractivity contribution in [3.8, 4) is 5.69 Å². The maximum absolute atomic E-state index is 12.8. The van der Waals surface area contributed by atoms with Crippen molar-refractivity contribution in [1.82, 2.24) is 9.78 Å². The summed E-state index contributed by atoms with van der Waals surface area (Å²) in [4.78, 5) is 47.9. The standard InChI is InChI=1S/C27H34N4O6/c1-14-23-21(12-27(3,4)13-22(23)33)31(30-14)18-9-10-19(25(28)34)20(11-18)29-17-7-5-16(6-8-17)24(26(35)36)37-15(2)32/h9-11,16-17,24,29H,5-8,12-13H2,1-4H3,(H2,28,34)(H,35,36)/t16-,17-,24?. The molecule has 0 bridgehead atoms. The fourth-order valence-electron chi connectivity index (χ4n) is 5.66. The minimum absolute atomic E-state index is 0.0230. The van der Waals surface area contributed by atoms with Crippen molar-refractivity contribution in [2.24, 2.45) is 17.1 Å². The zero-order chi connectivity index (χ0) is 27.1. The molecule has 4 rings (SSSR count). The van der Waals surface area contributed by atoms with E-state index in [0.29, 0.717) is 61.0 Å². The van der Waals surface area contributed by atoms with Gasteiger partial charge in [-0.1, -0.05) is 13.8 Å². The van der Waals surface area contributed by atoms with Crippen molar-refractivity contribution < 1.29 is 29.0 Å². The third-order valence-electron chi connectivity index (χ3n) is 7.33. The largest absolute Gasteiger partial charge is 0.478 e. The van der Waals surface area contributed by atoms with Crippen molar-refractivity contribution in [3.05, 3.63) is 40.7 Å². The zero-order valence-corrected chi connectivity index (χ0v) is 21.7. The van der Waals surface area contributed by atoms with Gasteiger partial charge in [-0.25, -0.2) is 9.48 Å². The highest BCUT2D eigenvalue weighted by atomic mass is 16.6. The molecule has 1 atom stereocenters. The highest BCUT2D eigenvalue weighted by molar-refractivity contribution is 6.00. The summed E-state index contributed by atoms with van der Waals surface area (Å²) in [6, 6.07) is 5.23. The number of benzene rings is 1. The van der Waals surface area contributed by atoms with Gasteiger partial charge in [-0.15, -0.1) is 0 Å². The van der Waals surface area contributed by atoms with Gasteiger partial charge in [-0.2, -0.15) is 5.10 Å². The SMILES string of the molecule is CC(=O)OC(C(=O)O)[C@H]1CC[C@H](Nc2cc(-n3nc(C)c4c3CC(C)(C)CC4=O)ccc2C(N)=O)CC1. The zero-order valence-electron chi connectivity index (χ0n) is 21.7. The average Bonchev–Trinajstić information content (AvgIpc) is 3.12. The number of aryl methyl sites for hydroxylation is 1. The quantitative estimate of drug-likeness (QED) is 0.479. The first-order valence-corrected chi connectivity index (χ1v) is 12.6. The van der Waals surface area contributed by atoms with Crippen LogP contribution < -0.4 is 11.1 Å². The number of nitrogens with one attached hydrogen (secondary N) is 1. The monoisotopic (exact) mass is 510 g/mol. The number of carbonyl (C=O) groups is 4. The fraction of sp³-hybridized carbons (Fsp3) is 0.519. The van der Waals surface area contributed by atoms with Gasteiger partial charge < -0.3 is 20.9 Å². The van der Waals surface area contributed by atoms with Crippen molar-refractivity contribution in [2.45, 2.75) is 78.4 Å².